The Morgan fingerprint density at radius 3 is 2.33 bits per heavy atom. The highest BCUT2D eigenvalue weighted by molar-refractivity contribution is 6.30. The summed E-state index contributed by atoms with van der Waals surface area (Å²) in [6, 6.07) is 13.4. The zero-order valence-corrected chi connectivity index (χ0v) is 20.8. The van der Waals surface area contributed by atoms with Crippen LogP contribution in [0, 0.1) is 0 Å². The van der Waals surface area contributed by atoms with Crippen LogP contribution in [-0.4, -0.2) is 54.5 Å². The lowest BCUT2D eigenvalue weighted by molar-refractivity contribution is -0.133. The molecule has 0 unspecified atom stereocenters. The predicted molar refractivity (Wildman–Crippen MR) is 137 cm³/mol. The average Bonchev–Trinajstić information content (AvgIpc) is 3.34. The van der Waals surface area contributed by atoms with Crippen LogP contribution in [0.15, 0.2) is 42.5 Å². The quantitative estimate of drug-likeness (QED) is 0.549. The topological polar surface area (TPSA) is 49.6 Å². The molecule has 4 nitrogen and oxygen atoms in total. The molecule has 4 rings (SSSR count). The van der Waals surface area contributed by atoms with E-state index in [4.69, 9.17) is 28.9 Å². The molecule has 2 N–H and O–H groups in total. The molecule has 2 aliphatic rings. The van der Waals surface area contributed by atoms with Gasteiger partial charge in [-0.25, -0.2) is 0 Å². The minimum atomic E-state index is -0.514. The van der Waals surface area contributed by atoms with Gasteiger partial charge in [0.2, 0.25) is 5.91 Å². The Morgan fingerprint density at radius 2 is 1.64 bits per heavy atom. The number of hydrogen-bond donors (Lipinski definition) is 1. The van der Waals surface area contributed by atoms with E-state index in [0.29, 0.717) is 17.4 Å². The number of rotatable bonds is 8. The number of hydrogen-bond acceptors (Lipinski definition) is 3. The number of aryl methyl sites for hydroxylation is 1. The van der Waals surface area contributed by atoms with Crippen LogP contribution in [0.25, 0.3) is 0 Å². The van der Waals surface area contributed by atoms with E-state index in [1.165, 1.54) is 50.0 Å². The van der Waals surface area contributed by atoms with Crippen LogP contribution in [0.2, 0.25) is 10.0 Å². The molecule has 0 aromatic heterocycles. The lowest BCUT2D eigenvalue weighted by atomic mass is 9.85. The lowest BCUT2D eigenvalue weighted by Crippen LogP contribution is -2.47. The Hall–Kier alpha value is -1.59. The van der Waals surface area contributed by atoms with Gasteiger partial charge in [-0.3, -0.25) is 4.79 Å². The van der Waals surface area contributed by atoms with Crippen LogP contribution in [-0.2, 0) is 17.6 Å². The molecular formula is C27H35Cl2N3O. The summed E-state index contributed by atoms with van der Waals surface area (Å²) >= 11 is 12.3. The van der Waals surface area contributed by atoms with Gasteiger partial charge in [0.1, 0.15) is 0 Å². The maximum atomic E-state index is 12.9. The first kappa shape index (κ1) is 24.5. The fourth-order valence-electron chi connectivity index (χ4n) is 5.30. The molecule has 178 valence electrons. The Morgan fingerprint density at radius 1 is 0.970 bits per heavy atom. The Labute approximate surface area is 208 Å². The summed E-state index contributed by atoms with van der Waals surface area (Å²) in [4.78, 5) is 17.5. The van der Waals surface area contributed by atoms with Crippen molar-refractivity contribution in [1.82, 2.24) is 9.80 Å². The normalized spacial score (nSPS) is 18.6. The van der Waals surface area contributed by atoms with Crippen LogP contribution in [0.3, 0.4) is 0 Å². The molecule has 1 atom stereocenters. The molecular weight excluding hydrogens is 453 g/mol. The number of carbonyl (C=O) groups excluding carboxylic acids is 1. The van der Waals surface area contributed by atoms with Gasteiger partial charge in [0.05, 0.1) is 6.04 Å². The van der Waals surface area contributed by atoms with E-state index < -0.39 is 6.04 Å². The molecule has 0 spiro atoms. The maximum Gasteiger partial charge on any atom is 0.239 e. The minimum Gasteiger partial charge on any atom is -0.341 e. The number of halogens is 2. The van der Waals surface area contributed by atoms with Crippen LogP contribution in [0.1, 0.15) is 54.7 Å². The van der Waals surface area contributed by atoms with Crippen LogP contribution < -0.4 is 5.73 Å². The SMILES string of the molecule is N[C@H](Cc1ccc(Cl)cc1)C(=O)N1CCC(c2ccc(Cl)cc2CCCN2CCCC2)CC1. The maximum absolute atomic E-state index is 12.9. The molecule has 0 radical (unpaired) electrons. The van der Waals surface area contributed by atoms with E-state index in [1.807, 2.05) is 35.2 Å². The minimum absolute atomic E-state index is 0.0466. The van der Waals surface area contributed by atoms with E-state index in [1.54, 1.807) is 0 Å². The third-order valence-electron chi connectivity index (χ3n) is 7.16. The van der Waals surface area contributed by atoms with E-state index in [9.17, 15) is 4.79 Å². The molecule has 0 saturated carbocycles. The fraction of sp³-hybridized carbons (Fsp3) is 0.519. The monoisotopic (exact) mass is 487 g/mol. The number of benzene rings is 2. The summed E-state index contributed by atoms with van der Waals surface area (Å²) in [5.74, 6) is 0.519. The highest BCUT2D eigenvalue weighted by Crippen LogP contribution is 2.33. The van der Waals surface area contributed by atoms with Gasteiger partial charge in [0.25, 0.3) is 0 Å². The second kappa shape index (κ2) is 11.7. The molecule has 2 aromatic rings. The third-order valence-corrected chi connectivity index (χ3v) is 7.64. The number of nitrogens with two attached hydrogens (primary N) is 1. The first-order valence-corrected chi connectivity index (χ1v) is 13.0. The van der Waals surface area contributed by atoms with Crippen molar-refractivity contribution in [1.29, 1.82) is 0 Å². The largest absolute Gasteiger partial charge is 0.341 e. The zero-order valence-electron chi connectivity index (χ0n) is 19.3. The van der Waals surface area contributed by atoms with Crippen molar-refractivity contribution in [2.45, 2.75) is 56.9 Å². The van der Waals surface area contributed by atoms with Gasteiger partial charge in [-0.2, -0.15) is 0 Å². The fourth-order valence-corrected chi connectivity index (χ4v) is 5.62. The Balaban J connectivity index is 1.31. The van der Waals surface area contributed by atoms with Gasteiger partial charge in [-0.05, 0) is 111 Å². The first-order valence-electron chi connectivity index (χ1n) is 12.3. The molecule has 33 heavy (non-hydrogen) atoms. The second-order valence-electron chi connectivity index (χ2n) is 9.53. The molecule has 2 saturated heterocycles. The van der Waals surface area contributed by atoms with Crippen molar-refractivity contribution in [3.63, 3.8) is 0 Å². The van der Waals surface area contributed by atoms with Crippen molar-refractivity contribution in [3.8, 4) is 0 Å². The van der Waals surface area contributed by atoms with E-state index in [0.717, 1.165) is 42.9 Å². The van der Waals surface area contributed by atoms with Crippen LogP contribution >= 0.6 is 23.2 Å². The molecule has 0 aliphatic carbocycles. The number of carbonyl (C=O) groups is 1. The van der Waals surface area contributed by atoms with Gasteiger partial charge in [0.15, 0.2) is 0 Å². The molecule has 1 amide bonds. The van der Waals surface area contributed by atoms with Gasteiger partial charge < -0.3 is 15.5 Å². The highest BCUT2D eigenvalue weighted by Gasteiger charge is 2.28. The van der Waals surface area contributed by atoms with Gasteiger partial charge in [-0.15, -0.1) is 0 Å². The molecule has 0 bridgehead atoms. The second-order valence-corrected chi connectivity index (χ2v) is 10.4. The van der Waals surface area contributed by atoms with Gasteiger partial charge >= 0.3 is 0 Å². The van der Waals surface area contributed by atoms with Crippen LogP contribution in [0.4, 0.5) is 0 Å². The van der Waals surface area contributed by atoms with E-state index >= 15 is 0 Å². The van der Waals surface area contributed by atoms with Crippen molar-refractivity contribution in [3.05, 3.63) is 69.2 Å². The average molecular weight is 489 g/mol. The number of nitrogens with zero attached hydrogens (tertiary/aromatic N) is 2. The number of likely N-dealkylation sites (tertiary alicyclic amines) is 2. The summed E-state index contributed by atoms with van der Waals surface area (Å²) in [6.07, 6.45) is 7.39. The van der Waals surface area contributed by atoms with Crippen molar-refractivity contribution < 1.29 is 4.79 Å². The first-order chi connectivity index (χ1) is 16.0. The molecule has 2 aromatic carbocycles. The predicted octanol–water partition coefficient (Wildman–Crippen LogP) is 5.30. The molecule has 2 heterocycles. The summed E-state index contributed by atoms with van der Waals surface area (Å²) in [5.41, 5.74) is 10.1. The summed E-state index contributed by atoms with van der Waals surface area (Å²) in [6.45, 7) is 5.18. The highest BCUT2D eigenvalue weighted by atomic mass is 35.5. The van der Waals surface area contributed by atoms with Gasteiger partial charge in [0, 0.05) is 23.1 Å². The standard InChI is InChI=1S/C27H35Cl2N3O/c28-23-7-5-20(6-8-23)18-26(30)27(33)32-16-11-21(12-17-32)25-10-9-24(29)19-22(25)4-3-15-31-13-1-2-14-31/h5-10,19,21,26H,1-4,11-18,30H2/t26-/m1/s1. The van der Waals surface area contributed by atoms with Gasteiger partial charge in [-0.1, -0.05) is 41.4 Å². The Kier molecular flexibility index (Phi) is 8.70. The van der Waals surface area contributed by atoms with Crippen molar-refractivity contribution in [2.75, 3.05) is 32.7 Å². The van der Waals surface area contributed by atoms with Crippen molar-refractivity contribution in [2.24, 2.45) is 5.73 Å². The van der Waals surface area contributed by atoms with Crippen LogP contribution in [0.5, 0.6) is 0 Å². The molecule has 2 fully saturated rings. The Bertz CT molecular complexity index is 919. The molecule has 6 heteroatoms. The van der Waals surface area contributed by atoms with Crippen molar-refractivity contribution >= 4 is 29.1 Å². The van der Waals surface area contributed by atoms with E-state index in [-0.39, 0.29) is 5.91 Å². The summed E-state index contributed by atoms with van der Waals surface area (Å²) < 4.78 is 0. The third kappa shape index (κ3) is 6.73. The summed E-state index contributed by atoms with van der Waals surface area (Å²) in [5, 5.41) is 1.51. The van der Waals surface area contributed by atoms with E-state index in [2.05, 4.69) is 17.0 Å². The smallest absolute Gasteiger partial charge is 0.239 e. The molecule has 2 aliphatic heterocycles. The lowest BCUT2D eigenvalue weighted by Gasteiger charge is -2.34. The number of piperidine rings is 1. The summed E-state index contributed by atoms with van der Waals surface area (Å²) in [7, 11) is 0. The number of amides is 1. The zero-order chi connectivity index (χ0) is 23.2.